The summed E-state index contributed by atoms with van der Waals surface area (Å²) in [4.78, 5) is 6.49. The molecule has 0 atom stereocenters. The van der Waals surface area contributed by atoms with Crippen LogP contribution in [0.5, 0.6) is 0 Å². The van der Waals surface area contributed by atoms with E-state index < -0.39 is 0 Å². The highest BCUT2D eigenvalue weighted by Crippen LogP contribution is 2.02. The summed E-state index contributed by atoms with van der Waals surface area (Å²) < 4.78 is 0. The van der Waals surface area contributed by atoms with Gasteiger partial charge in [-0.2, -0.15) is 5.26 Å². The molecule has 1 aromatic rings. The van der Waals surface area contributed by atoms with Crippen molar-refractivity contribution in [2.24, 2.45) is 0 Å². The molecule has 4 heteroatoms. The van der Waals surface area contributed by atoms with Gasteiger partial charge in [0.25, 0.3) is 0 Å². The predicted molar refractivity (Wildman–Crippen MR) is 68.4 cm³/mol. The van der Waals surface area contributed by atoms with Gasteiger partial charge in [0.05, 0.1) is 11.3 Å². The second-order valence-electron chi connectivity index (χ2n) is 4.09. The Hall–Kier alpha value is -1.44. The summed E-state index contributed by atoms with van der Waals surface area (Å²) in [6.07, 6.45) is 2.90. The van der Waals surface area contributed by atoms with Crippen LogP contribution in [0.3, 0.4) is 0 Å². The Morgan fingerprint density at radius 1 is 1.47 bits per heavy atom. The smallest absolute Gasteiger partial charge is 0.101 e. The fourth-order valence-corrected chi connectivity index (χ4v) is 1.65. The van der Waals surface area contributed by atoms with Crippen molar-refractivity contribution in [3.8, 4) is 6.07 Å². The number of hydrogen-bond donors (Lipinski definition) is 1. The molecule has 0 amide bonds. The number of pyridine rings is 1. The van der Waals surface area contributed by atoms with Crippen LogP contribution < -0.4 is 5.32 Å². The quantitative estimate of drug-likeness (QED) is 0.722. The minimum atomic E-state index is 0.655. The molecule has 0 aromatic carbocycles. The Bertz CT molecular complexity index is 370. The summed E-state index contributed by atoms with van der Waals surface area (Å²) in [7, 11) is 2.12. The second kappa shape index (κ2) is 7.77. The Morgan fingerprint density at radius 3 is 3.00 bits per heavy atom. The van der Waals surface area contributed by atoms with Gasteiger partial charge < -0.3 is 10.2 Å². The van der Waals surface area contributed by atoms with Gasteiger partial charge in [-0.3, -0.25) is 4.98 Å². The summed E-state index contributed by atoms with van der Waals surface area (Å²) in [6, 6.07) is 5.74. The highest BCUT2D eigenvalue weighted by atomic mass is 15.1. The zero-order valence-electron chi connectivity index (χ0n) is 10.6. The Balaban J connectivity index is 2.29. The van der Waals surface area contributed by atoms with Gasteiger partial charge in [0.15, 0.2) is 0 Å². The van der Waals surface area contributed by atoms with Crippen molar-refractivity contribution in [1.82, 2.24) is 15.2 Å². The Morgan fingerprint density at radius 2 is 2.29 bits per heavy atom. The van der Waals surface area contributed by atoms with Crippen LogP contribution in [0.25, 0.3) is 0 Å². The van der Waals surface area contributed by atoms with E-state index in [1.165, 1.54) is 6.42 Å². The lowest BCUT2D eigenvalue weighted by Gasteiger charge is -2.15. The molecule has 0 radical (unpaired) electrons. The van der Waals surface area contributed by atoms with E-state index in [4.69, 9.17) is 5.26 Å². The van der Waals surface area contributed by atoms with Crippen molar-refractivity contribution in [3.63, 3.8) is 0 Å². The highest BCUT2D eigenvalue weighted by molar-refractivity contribution is 5.32. The largest absolute Gasteiger partial charge is 0.310 e. The SMILES string of the molecule is CCCN(C)CCNCc1ncccc1C#N. The predicted octanol–water partition coefficient (Wildman–Crippen LogP) is 1.38. The monoisotopic (exact) mass is 232 g/mol. The Labute approximate surface area is 103 Å². The molecule has 1 heterocycles. The zero-order valence-corrected chi connectivity index (χ0v) is 10.6. The first-order chi connectivity index (χ1) is 8.27. The summed E-state index contributed by atoms with van der Waals surface area (Å²) in [5, 5.41) is 12.2. The van der Waals surface area contributed by atoms with Crippen LogP contribution in [0.4, 0.5) is 0 Å². The van der Waals surface area contributed by atoms with Crippen LogP contribution in [0, 0.1) is 11.3 Å². The van der Waals surface area contributed by atoms with E-state index in [0.29, 0.717) is 12.1 Å². The molecule has 1 aromatic heterocycles. The first kappa shape index (κ1) is 13.6. The number of nitriles is 1. The van der Waals surface area contributed by atoms with Crippen LogP contribution in [0.1, 0.15) is 24.6 Å². The van der Waals surface area contributed by atoms with E-state index in [2.05, 4.69) is 35.2 Å². The standard InChI is InChI=1S/C13H20N4/c1-3-8-17(2)9-7-15-11-13-12(10-14)5-4-6-16-13/h4-6,15H,3,7-9,11H2,1-2H3. The molecule has 1 N–H and O–H groups in total. The molecule has 0 fully saturated rings. The number of rotatable bonds is 7. The third-order valence-electron chi connectivity index (χ3n) is 2.58. The summed E-state index contributed by atoms with van der Waals surface area (Å²) in [5.41, 5.74) is 1.48. The second-order valence-corrected chi connectivity index (χ2v) is 4.09. The molecule has 0 aliphatic heterocycles. The summed E-state index contributed by atoms with van der Waals surface area (Å²) in [6.45, 7) is 5.88. The topological polar surface area (TPSA) is 52.0 Å². The number of hydrogen-bond acceptors (Lipinski definition) is 4. The number of likely N-dealkylation sites (N-methyl/N-ethyl adjacent to an activating group) is 1. The molecule has 92 valence electrons. The van der Waals surface area contributed by atoms with Gasteiger partial charge in [-0.05, 0) is 32.1 Å². The van der Waals surface area contributed by atoms with Gasteiger partial charge in [-0.1, -0.05) is 6.92 Å². The van der Waals surface area contributed by atoms with E-state index in [-0.39, 0.29) is 0 Å². The van der Waals surface area contributed by atoms with Crippen molar-refractivity contribution in [2.75, 3.05) is 26.7 Å². The minimum Gasteiger partial charge on any atom is -0.310 e. The van der Waals surface area contributed by atoms with Crippen molar-refractivity contribution in [3.05, 3.63) is 29.6 Å². The molecule has 0 aliphatic rings. The molecule has 4 nitrogen and oxygen atoms in total. The number of nitrogens with zero attached hydrogens (tertiary/aromatic N) is 3. The van der Waals surface area contributed by atoms with Crippen LogP contribution in [0.15, 0.2) is 18.3 Å². The van der Waals surface area contributed by atoms with Crippen LogP contribution in [-0.2, 0) is 6.54 Å². The normalized spacial score (nSPS) is 10.5. The van der Waals surface area contributed by atoms with Crippen LogP contribution in [0.2, 0.25) is 0 Å². The first-order valence-corrected chi connectivity index (χ1v) is 6.01. The molecular formula is C13H20N4. The maximum Gasteiger partial charge on any atom is 0.101 e. The molecule has 0 saturated heterocycles. The molecule has 0 unspecified atom stereocenters. The molecule has 0 aliphatic carbocycles. The van der Waals surface area contributed by atoms with Crippen molar-refractivity contribution in [2.45, 2.75) is 19.9 Å². The molecule has 17 heavy (non-hydrogen) atoms. The molecular weight excluding hydrogens is 212 g/mol. The van der Waals surface area contributed by atoms with Gasteiger partial charge in [-0.15, -0.1) is 0 Å². The zero-order chi connectivity index (χ0) is 12.5. The van der Waals surface area contributed by atoms with Gasteiger partial charge >= 0.3 is 0 Å². The highest BCUT2D eigenvalue weighted by Gasteiger charge is 2.01. The summed E-state index contributed by atoms with van der Waals surface area (Å²) in [5.74, 6) is 0. The van der Waals surface area contributed by atoms with Gasteiger partial charge in [0, 0.05) is 25.8 Å². The third kappa shape index (κ3) is 4.94. The van der Waals surface area contributed by atoms with Gasteiger partial charge in [0.2, 0.25) is 0 Å². The fourth-order valence-electron chi connectivity index (χ4n) is 1.65. The lowest BCUT2D eigenvalue weighted by atomic mass is 10.2. The average Bonchev–Trinajstić information content (AvgIpc) is 2.35. The summed E-state index contributed by atoms with van der Waals surface area (Å²) >= 11 is 0. The van der Waals surface area contributed by atoms with E-state index in [9.17, 15) is 0 Å². The minimum absolute atomic E-state index is 0.655. The third-order valence-corrected chi connectivity index (χ3v) is 2.58. The van der Waals surface area contributed by atoms with Crippen molar-refractivity contribution in [1.29, 1.82) is 5.26 Å². The van der Waals surface area contributed by atoms with E-state index in [1.807, 2.05) is 0 Å². The van der Waals surface area contributed by atoms with Gasteiger partial charge in [0.1, 0.15) is 6.07 Å². The number of aromatic nitrogens is 1. The van der Waals surface area contributed by atoms with Crippen molar-refractivity contribution < 1.29 is 0 Å². The molecule has 0 spiro atoms. The van der Waals surface area contributed by atoms with Crippen LogP contribution in [-0.4, -0.2) is 36.6 Å². The average molecular weight is 232 g/mol. The lowest BCUT2D eigenvalue weighted by molar-refractivity contribution is 0.331. The van der Waals surface area contributed by atoms with Crippen molar-refractivity contribution >= 4 is 0 Å². The first-order valence-electron chi connectivity index (χ1n) is 6.01. The van der Waals surface area contributed by atoms with Gasteiger partial charge in [-0.25, -0.2) is 0 Å². The lowest BCUT2D eigenvalue weighted by Crippen LogP contribution is -2.29. The molecule has 0 saturated carbocycles. The van der Waals surface area contributed by atoms with E-state index >= 15 is 0 Å². The molecule has 1 rings (SSSR count). The molecule has 0 bridgehead atoms. The maximum atomic E-state index is 8.91. The van der Waals surface area contributed by atoms with Crippen LogP contribution >= 0.6 is 0 Å². The maximum absolute atomic E-state index is 8.91. The van der Waals surface area contributed by atoms with E-state index in [1.54, 1.807) is 18.3 Å². The number of nitrogens with one attached hydrogen (secondary N) is 1. The fraction of sp³-hybridized carbons (Fsp3) is 0.538. The Kier molecular flexibility index (Phi) is 6.23. The van der Waals surface area contributed by atoms with E-state index in [0.717, 1.165) is 25.3 Å².